The van der Waals surface area contributed by atoms with E-state index in [1.165, 1.54) is 4.90 Å². The quantitative estimate of drug-likeness (QED) is 0.798. The molecule has 1 aliphatic heterocycles. The molecule has 7 heteroatoms. The third kappa shape index (κ3) is 3.86. The minimum absolute atomic E-state index is 0.181. The highest BCUT2D eigenvalue weighted by molar-refractivity contribution is 5.69. The molecule has 116 valence electrons. The van der Waals surface area contributed by atoms with Crippen molar-refractivity contribution in [3.8, 4) is 0 Å². The molecule has 1 aliphatic rings. The molecule has 1 saturated heterocycles. The van der Waals surface area contributed by atoms with E-state index < -0.39 is 23.4 Å². The molecule has 4 nitrogen and oxygen atoms in total. The Balaban J connectivity index is 1.97. The molecule has 0 aliphatic carbocycles. The first-order valence-electron chi connectivity index (χ1n) is 6.57. The predicted octanol–water partition coefficient (Wildman–Crippen LogP) is 3.43. The van der Waals surface area contributed by atoms with Crippen molar-refractivity contribution in [3.05, 3.63) is 29.6 Å². The lowest BCUT2D eigenvalue weighted by molar-refractivity contribution is -0.137. The van der Waals surface area contributed by atoms with Gasteiger partial charge in [-0.3, -0.25) is 4.98 Å². The van der Waals surface area contributed by atoms with Crippen LogP contribution < -0.4 is 0 Å². The summed E-state index contributed by atoms with van der Waals surface area (Å²) in [6.45, 7) is 5.93. The number of halogens is 3. The van der Waals surface area contributed by atoms with Crippen LogP contribution in [0.3, 0.4) is 0 Å². The Hall–Kier alpha value is -1.79. The number of carbonyl (C=O) groups is 1. The monoisotopic (exact) mass is 302 g/mol. The summed E-state index contributed by atoms with van der Waals surface area (Å²) in [6.07, 6.45) is -3.69. The van der Waals surface area contributed by atoms with Crippen molar-refractivity contribution in [1.29, 1.82) is 0 Å². The van der Waals surface area contributed by atoms with Crippen molar-refractivity contribution in [2.24, 2.45) is 0 Å². The van der Waals surface area contributed by atoms with Gasteiger partial charge in [0.15, 0.2) is 0 Å². The fraction of sp³-hybridized carbons (Fsp3) is 0.571. The number of nitrogens with zero attached hydrogens (tertiary/aromatic N) is 2. The van der Waals surface area contributed by atoms with Crippen molar-refractivity contribution in [2.45, 2.75) is 38.5 Å². The first-order chi connectivity index (χ1) is 9.56. The molecule has 2 rings (SSSR count). The van der Waals surface area contributed by atoms with Gasteiger partial charge in [0.25, 0.3) is 0 Å². The molecule has 1 aromatic rings. The molecule has 0 atom stereocenters. The van der Waals surface area contributed by atoms with Crippen LogP contribution in [0.2, 0.25) is 0 Å². The zero-order chi connectivity index (χ0) is 15.8. The number of hydrogen-bond acceptors (Lipinski definition) is 3. The molecular formula is C14H17F3N2O2. The number of pyridine rings is 1. The number of carbonyl (C=O) groups excluding carboxylic acids is 1. The van der Waals surface area contributed by atoms with E-state index in [1.54, 1.807) is 20.8 Å². The van der Waals surface area contributed by atoms with Gasteiger partial charge in [0, 0.05) is 30.9 Å². The summed E-state index contributed by atoms with van der Waals surface area (Å²) in [4.78, 5) is 17.2. The van der Waals surface area contributed by atoms with E-state index in [9.17, 15) is 18.0 Å². The summed E-state index contributed by atoms with van der Waals surface area (Å²) in [7, 11) is 0. The highest BCUT2D eigenvalue weighted by atomic mass is 19.4. The lowest BCUT2D eigenvalue weighted by atomic mass is 9.95. The fourth-order valence-electron chi connectivity index (χ4n) is 1.99. The minimum atomic E-state index is -4.38. The summed E-state index contributed by atoms with van der Waals surface area (Å²) < 4.78 is 43.1. The van der Waals surface area contributed by atoms with E-state index in [4.69, 9.17) is 4.74 Å². The van der Waals surface area contributed by atoms with Crippen LogP contribution in [0.4, 0.5) is 18.0 Å². The van der Waals surface area contributed by atoms with E-state index in [-0.39, 0.29) is 5.92 Å². The van der Waals surface area contributed by atoms with Crippen molar-refractivity contribution in [2.75, 3.05) is 13.1 Å². The van der Waals surface area contributed by atoms with Crippen molar-refractivity contribution < 1.29 is 22.7 Å². The molecule has 0 radical (unpaired) electrons. The second kappa shape index (κ2) is 5.20. The second-order valence-corrected chi connectivity index (χ2v) is 6.05. The average molecular weight is 302 g/mol. The normalized spacial score (nSPS) is 16.6. The number of aromatic nitrogens is 1. The molecule has 0 spiro atoms. The average Bonchev–Trinajstić information content (AvgIpc) is 2.23. The van der Waals surface area contributed by atoms with Gasteiger partial charge in [-0.1, -0.05) is 0 Å². The number of rotatable bonds is 1. The Kier molecular flexibility index (Phi) is 3.86. The summed E-state index contributed by atoms with van der Waals surface area (Å²) in [5.74, 6) is -0.181. The van der Waals surface area contributed by atoms with Gasteiger partial charge in [-0.15, -0.1) is 0 Å². The van der Waals surface area contributed by atoms with Gasteiger partial charge in [0.2, 0.25) is 0 Å². The molecule has 0 saturated carbocycles. The lowest BCUT2D eigenvalue weighted by Crippen LogP contribution is -2.50. The minimum Gasteiger partial charge on any atom is -0.444 e. The molecule has 0 N–H and O–H groups in total. The zero-order valence-electron chi connectivity index (χ0n) is 12.1. The lowest BCUT2D eigenvalue weighted by Gasteiger charge is -2.39. The standard InChI is InChI=1S/C14H17F3N2O2/c1-13(2,3)21-12(20)19-7-9(8-19)11-6-10(4-5-18-11)14(15,16)17/h4-6,9H,7-8H2,1-3H3. The summed E-state index contributed by atoms with van der Waals surface area (Å²) in [5.41, 5.74) is -0.954. The first kappa shape index (κ1) is 15.6. The van der Waals surface area contributed by atoms with Gasteiger partial charge in [-0.25, -0.2) is 4.79 Å². The van der Waals surface area contributed by atoms with Crippen LogP contribution in [0.25, 0.3) is 0 Å². The Labute approximate surface area is 120 Å². The Morgan fingerprint density at radius 2 is 1.95 bits per heavy atom. The Morgan fingerprint density at radius 3 is 2.48 bits per heavy atom. The molecule has 0 aromatic carbocycles. The van der Waals surface area contributed by atoms with Crippen LogP contribution in [0.15, 0.2) is 18.3 Å². The van der Waals surface area contributed by atoms with Crippen molar-refractivity contribution >= 4 is 6.09 Å². The van der Waals surface area contributed by atoms with Gasteiger partial charge in [-0.2, -0.15) is 13.2 Å². The topological polar surface area (TPSA) is 42.4 Å². The molecule has 0 unspecified atom stereocenters. The van der Waals surface area contributed by atoms with E-state index in [2.05, 4.69) is 4.98 Å². The van der Waals surface area contributed by atoms with Crippen LogP contribution in [0.5, 0.6) is 0 Å². The number of ether oxygens (including phenoxy) is 1. The van der Waals surface area contributed by atoms with E-state index in [0.29, 0.717) is 18.8 Å². The second-order valence-electron chi connectivity index (χ2n) is 6.05. The molecule has 0 bridgehead atoms. The molecular weight excluding hydrogens is 285 g/mol. The van der Waals surface area contributed by atoms with Crippen LogP contribution in [0, 0.1) is 0 Å². The van der Waals surface area contributed by atoms with Gasteiger partial charge >= 0.3 is 12.3 Å². The van der Waals surface area contributed by atoms with Crippen LogP contribution in [-0.4, -0.2) is 34.7 Å². The first-order valence-corrected chi connectivity index (χ1v) is 6.57. The Bertz CT molecular complexity index is 532. The maximum Gasteiger partial charge on any atom is 0.416 e. The van der Waals surface area contributed by atoms with Gasteiger partial charge in [-0.05, 0) is 32.9 Å². The summed E-state index contributed by atoms with van der Waals surface area (Å²) in [6, 6.07) is 1.98. The van der Waals surface area contributed by atoms with Crippen LogP contribution in [0.1, 0.15) is 37.9 Å². The maximum absolute atomic E-state index is 12.6. The Morgan fingerprint density at radius 1 is 1.33 bits per heavy atom. The van der Waals surface area contributed by atoms with Crippen LogP contribution in [-0.2, 0) is 10.9 Å². The maximum atomic E-state index is 12.6. The predicted molar refractivity (Wildman–Crippen MR) is 69.8 cm³/mol. The van der Waals surface area contributed by atoms with E-state index in [0.717, 1.165) is 18.3 Å². The number of hydrogen-bond donors (Lipinski definition) is 0. The smallest absolute Gasteiger partial charge is 0.416 e. The number of amides is 1. The summed E-state index contributed by atoms with van der Waals surface area (Å²) in [5, 5.41) is 0. The number of alkyl halides is 3. The molecule has 1 fully saturated rings. The van der Waals surface area contributed by atoms with Gasteiger partial charge in [0.1, 0.15) is 5.60 Å². The molecule has 1 aromatic heterocycles. The molecule has 1 amide bonds. The van der Waals surface area contributed by atoms with Gasteiger partial charge in [0.05, 0.1) is 5.56 Å². The van der Waals surface area contributed by atoms with E-state index >= 15 is 0 Å². The highest BCUT2D eigenvalue weighted by Gasteiger charge is 2.37. The number of likely N-dealkylation sites (tertiary alicyclic amines) is 1. The van der Waals surface area contributed by atoms with Gasteiger partial charge < -0.3 is 9.64 Å². The zero-order valence-corrected chi connectivity index (χ0v) is 12.1. The van der Waals surface area contributed by atoms with Crippen molar-refractivity contribution in [3.63, 3.8) is 0 Å². The SMILES string of the molecule is CC(C)(C)OC(=O)N1CC(c2cc(C(F)(F)F)ccn2)C1. The molecule has 2 heterocycles. The van der Waals surface area contributed by atoms with Crippen LogP contribution >= 0.6 is 0 Å². The third-order valence-electron chi connectivity index (χ3n) is 3.06. The molecule has 21 heavy (non-hydrogen) atoms. The van der Waals surface area contributed by atoms with E-state index in [1.807, 2.05) is 0 Å². The third-order valence-corrected chi connectivity index (χ3v) is 3.06. The summed E-state index contributed by atoms with van der Waals surface area (Å²) >= 11 is 0. The largest absolute Gasteiger partial charge is 0.444 e. The fourth-order valence-corrected chi connectivity index (χ4v) is 1.99. The highest BCUT2D eigenvalue weighted by Crippen LogP contribution is 2.33. The van der Waals surface area contributed by atoms with Crippen molar-refractivity contribution in [1.82, 2.24) is 9.88 Å².